The molecule has 5 heteroatoms. The zero-order valence-corrected chi connectivity index (χ0v) is 9.18. The first kappa shape index (κ1) is 12.0. The summed E-state index contributed by atoms with van der Waals surface area (Å²) in [5, 5.41) is 8.85. The van der Waals surface area contributed by atoms with Crippen LogP contribution in [-0.2, 0) is 0 Å². The van der Waals surface area contributed by atoms with Gasteiger partial charge in [0.25, 0.3) is 0 Å². The summed E-state index contributed by atoms with van der Waals surface area (Å²) in [6, 6.07) is 1.17. The van der Waals surface area contributed by atoms with Crippen LogP contribution in [0.4, 0.5) is 4.39 Å². The molecule has 0 aromatic carbocycles. The Morgan fingerprint density at radius 1 is 1.67 bits per heavy atom. The number of nitrogens with zero attached hydrogens (tertiary/aromatic N) is 1. The fourth-order valence-corrected chi connectivity index (χ4v) is 2.00. The number of hydrogen-bond acceptors (Lipinski definition) is 3. The van der Waals surface area contributed by atoms with Crippen molar-refractivity contribution in [3.63, 3.8) is 0 Å². The van der Waals surface area contributed by atoms with Crippen molar-refractivity contribution < 1.29 is 14.3 Å². The van der Waals surface area contributed by atoms with Crippen molar-refractivity contribution in [3.8, 4) is 0 Å². The van der Waals surface area contributed by atoms with Gasteiger partial charge in [0.15, 0.2) is 5.82 Å². The summed E-state index contributed by atoms with van der Waals surface area (Å²) in [6.45, 7) is 2.04. The van der Waals surface area contributed by atoms with Crippen LogP contribution in [0.2, 0.25) is 0 Å². The molecule has 1 aromatic heterocycles. The van der Waals surface area contributed by atoms with Crippen LogP contribution in [0.1, 0.15) is 30.1 Å². The van der Waals surface area contributed by atoms with Gasteiger partial charge in [-0.1, -0.05) is 13.3 Å². The Kier molecular flexibility index (Phi) is 4.55. The summed E-state index contributed by atoms with van der Waals surface area (Å²) in [6.07, 6.45) is 3.30. The molecule has 0 spiro atoms. The average Bonchev–Trinajstić information content (AvgIpc) is 2.20. The van der Waals surface area contributed by atoms with Gasteiger partial charge in [-0.05, 0) is 18.2 Å². The highest BCUT2D eigenvalue weighted by molar-refractivity contribution is 7.99. The largest absolute Gasteiger partial charge is 0.478 e. The van der Waals surface area contributed by atoms with Crippen LogP contribution in [0, 0.1) is 5.82 Å². The number of thioether (sulfide) groups is 1. The SMILES string of the molecule is CCCCSc1nccc(C(=O)O)c1F. The highest BCUT2D eigenvalue weighted by Gasteiger charge is 2.14. The molecule has 0 fully saturated rings. The number of unbranched alkanes of at least 4 members (excludes halogenated alkanes) is 1. The third kappa shape index (κ3) is 3.20. The van der Waals surface area contributed by atoms with Gasteiger partial charge in [0, 0.05) is 6.20 Å². The zero-order chi connectivity index (χ0) is 11.3. The number of aromatic nitrogens is 1. The van der Waals surface area contributed by atoms with Crippen LogP contribution in [0.3, 0.4) is 0 Å². The minimum Gasteiger partial charge on any atom is -0.478 e. The molecule has 0 unspecified atom stereocenters. The van der Waals surface area contributed by atoms with Crippen LogP contribution in [0.5, 0.6) is 0 Å². The van der Waals surface area contributed by atoms with Gasteiger partial charge < -0.3 is 5.11 Å². The molecular weight excluding hydrogens is 217 g/mol. The number of carbonyl (C=O) groups is 1. The molecule has 0 bridgehead atoms. The molecule has 0 aliphatic rings. The second-order valence-electron chi connectivity index (χ2n) is 2.98. The van der Waals surface area contributed by atoms with Gasteiger partial charge in [0.2, 0.25) is 0 Å². The predicted molar refractivity (Wildman–Crippen MR) is 56.8 cm³/mol. The van der Waals surface area contributed by atoms with Gasteiger partial charge in [0.05, 0.1) is 5.56 Å². The Morgan fingerprint density at radius 3 is 3.00 bits per heavy atom. The molecule has 1 rings (SSSR count). The van der Waals surface area contributed by atoms with E-state index in [4.69, 9.17) is 5.11 Å². The number of carboxylic acids is 1. The Labute approximate surface area is 91.7 Å². The molecule has 0 aliphatic carbocycles. The van der Waals surface area contributed by atoms with Crippen molar-refractivity contribution >= 4 is 17.7 Å². The Hall–Kier alpha value is -1.10. The van der Waals surface area contributed by atoms with Gasteiger partial charge in [0.1, 0.15) is 5.03 Å². The number of carboxylic acid groups (broad SMARTS) is 1. The minimum atomic E-state index is -1.26. The molecule has 0 saturated heterocycles. The summed E-state index contributed by atoms with van der Waals surface area (Å²) >= 11 is 1.25. The monoisotopic (exact) mass is 229 g/mol. The summed E-state index contributed by atoms with van der Waals surface area (Å²) in [5.74, 6) is -1.23. The van der Waals surface area contributed by atoms with E-state index in [0.717, 1.165) is 18.6 Å². The molecule has 15 heavy (non-hydrogen) atoms. The van der Waals surface area contributed by atoms with E-state index in [1.54, 1.807) is 0 Å². The Bertz CT molecular complexity index is 357. The van der Waals surface area contributed by atoms with E-state index < -0.39 is 11.8 Å². The molecule has 0 amide bonds. The Morgan fingerprint density at radius 2 is 2.40 bits per heavy atom. The van der Waals surface area contributed by atoms with E-state index in [1.165, 1.54) is 24.0 Å². The lowest BCUT2D eigenvalue weighted by Crippen LogP contribution is -2.03. The van der Waals surface area contributed by atoms with Gasteiger partial charge in [-0.2, -0.15) is 0 Å². The number of rotatable bonds is 5. The van der Waals surface area contributed by atoms with E-state index in [-0.39, 0.29) is 10.6 Å². The number of aromatic carboxylic acids is 1. The van der Waals surface area contributed by atoms with E-state index in [1.807, 2.05) is 6.92 Å². The van der Waals surface area contributed by atoms with Gasteiger partial charge in [-0.3, -0.25) is 0 Å². The van der Waals surface area contributed by atoms with Crippen LogP contribution in [0.15, 0.2) is 17.3 Å². The van der Waals surface area contributed by atoms with Crippen molar-refractivity contribution in [2.75, 3.05) is 5.75 Å². The first-order chi connectivity index (χ1) is 7.16. The highest BCUT2D eigenvalue weighted by Crippen LogP contribution is 2.22. The maximum absolute atomic E-state index is 13.5. The van der Waals surface area contributed by atoms with E-state index in [0.29, 0.717) is 0 Å². The van der Waals surface area contributed by atoms with E-state index in [9.17, 15) is 9.18 Å². The van der Waals surface area contributed by atoms with Gasteiger partial charge in [-0.15, -0.1) is 11.8 Å². The van der Waals surface area contributed by atoms with Crippen molar-refractivity contribution in [2.24, 2.45) is 0 Å². The van der Waals surface area contributed by atoms with Gasteiger partial charge >= 0.3 is 5.97 Å². The predicted octanol–water partition coefficient (Wildman–Crippen LogP) is 2.81. The lowest BCUT2D eigenvalue weighted by Gasteiger charge is -2.03. The van der Waals surface area contributed by atoms with Gasteiger partial charge in [-0.25, -0.2) is 14.2 Å². The lowest BCUT2D eigenvalue weighted by atomic mass is 10.3. The van der Waals surface area contributed by atoms with Crippen LogP contribution in [-0.4, -0.2) is 21.8 Å². The second kappa shape index (κ2) is 5.70. The van der Waals surface area contributed by atoms with Crippen molar-refractivity contribution in [3.05, 3.63) is 23.6 Å². The molecule has 0 radical (unpaired) electrons. The molecule has 0 atom stereocenters. The molecule has 82 valence electrons. The highest BCUT2D eigenvalue weighted by atomic mass is 32.2. The van der Waals surface area contributed by atoms with E-state index in [2.05, 4.69) is 4.98 Å². The molecule has 1 N–H and O–H groups in total. The average molecular weight is 229 g/mol. The maximum atomic E-state index is 13.5. The van der Waals surface area contributed by atoms with Crippen LogP contribution >= 0.6 is 11.8 Å². The zero-order valence-electron chi connectivity index (χ0n) is 8.36. The van der Waals surface area contributed by atoms with Crippen LogP contribution in [0.25, 0.3) is 0 Å². The van der Waals surface area contributed by atoms with Crippen molar-refractivity contribution in [2.45, 2.75) is 24.8 Å². The second-order valence-corrected chi connectivity index (χ2v) is 4.07. The summed E-state index contributed by atoms with van der Waals surface area (Å²) < 4.78 is 13.5. The molecular formula is C10H12FNO2S. The lowest BCUT2D eigenvalue weighted by molar-refractivity contribution is 0.0691. The van der Waals surface area contributed by atoms with E-state index >= 15 is 0 Å². The van der Waals surface area contributed by atoms with Crippen molar-refractivity contribution in [1.82, 2.24) is 4.98 Å². The van der Waals surface area contributed by atoms with Crippen LogP contribution < -0.4 is 0 Å². The molecule has 3 nitrogen and oxygen atoms in total. The molecule has 1 aromatic rings. The summed E-state index contributed by atoms with van der Waals surface area (Å²) in [7, 11) is 0. The molecule has 0 aliphatic heterocycles. The summed E-state index contributed by atoms with van der Waals surface area (Å²) in [4.78, 5) is 14.4. The molecule has 1 heterocycles. The number of hydrogen-bond donors (Lipinski definition) is 1. The Balaban J connectivity index is 2.80. The minimum absolute atomic E-state index is 0.170. The topological polar surface area (TPSA) is 50.2 Å². The number of pyridine rings is 1. The maximum Gasteiger partial charge on any atom is 0.338 e. The van der Waals surface area contributed by atoms with Crippen molar-refractivity contribution in [1.29, 1.82) is 0 Å². The standard InChI is InChI=1S/C10H12FNO2S/c1-2-3-6-15-9-8(11)7(10(13)14)4-5-12-9/h4-5H,2-3,6H2,1H3,(H,13,14). The third-order valence-corrected chi connectivity index (χ3v) is 2.88. The number of halogens is 1. The first-order valence-electron chi connectivity index (χ1n) is 4.67. The smallest absolute Gasteiger partial charge is 0.338 e. The fraction of sp³-hybridized carbons (Fsp3) is 0.400. The quantitative estimate of drug-likeness (QED) is 0.623. The summed E-state index contributed by atoms with van der Waals surface area (Å²) in [5.41, 5.74) is -0.316. The first-order valence-corrected chi connectivity index (χ1v) is 5.66. The molecule has 0 saturated carbocycles. The third-order valence-electron chi connectivity index (χ3n) is 1.82. The fourth-order valence-electron chi connectivity index (χ4n) is 1.00. The normalized spacial score (nSPS) is 10.3.